The molecule has 2 aromatic rings. The molecule has 0 spiro atoms. The maximum Gasteiger partial charge on any atom is 0.573 e. The highest BCUT2D eigenvalue weighted by atomic mass is 28.3. The SMILES string of the molecule is CCC[Si]1CCC(c2cc(F)c(-c3ccc(OC(F)(F)F)cc3)c(F)c2)CC1. The van der Waals surface area contributed by atoms with Gasteiger partial charge in [-0.1, -0.05) is 43.6 Å². The number of ether oxygens (including phenoxy) is 1. The Morgan fingerprint density at radius 3 is 2.07 bits per heavy atom. The van der Waals surface area contributed by atoms with Crippen molar-refractivity contribution in [2.75, 3.05) is 0 Å². The van der Waals surface area contributed by atoms with Crippen molar-refractivity contribution in [2.24, 2.45) is 0 Å². The van der Waals surface area contributed by atoms with E-state index >= 15 is 0 Å². The zero-order chi connectivity index (χ0) is 20.3. The molecule has 1 radical (unpaired) electrons. The van der Waals surface area contributed by atoms with Gasteiger partial charge in [-0.15, -0.1) is 13.2 Å². The first kappa shape index (κ1) is 20.8. The van der Waals surface area contributed by atoms with E-state index in [0.29, 0.717) is 5.56 Å². The minimum atomic E-state index is -4.81. The van der Waals surface area contributed by atoms with Crippen LogP contribution in [0.2, 0.25) is 18.1 Å². The molecule has 0 aliphatic carbocycles. The Kier molecular flexibility index (Phi) is 6.42. The lowest BCUT2D eigenvalue weighted by Gasteiger charge is -2.28. The number of rotatable bonds is 5. The van der Waals surface area contributed by atoms with Crippen LogP contribution in [-0.2, 0) is 0 Å². The van der Waals surface area contributed by atoms with E-state index < -0.39 is 23.7 Å². The van der Waals surface area contributed by atoms with Gasteiger partial charge in [-0.05, 0) is 54.2 Å². The lowest BCUT2D eigenvalue weighted by Crippen LogP contribution is -2.20. The molecule has 1 heterocycles. The molecule has 7 heteroatoms. The Morgan fingerprint density at radius 2 is 1.57 bits per heavy atom. The van der Waals surface area contributed by atoms with Crippen LogP contribution in [0.3, 0.4) is 0 Å². The van der Waals surface area contributed by atoms with Crippen LogP contribution in [0.15, 0.2) is 36.4 Å². The molecular weight excluding hydrogens is 391 g/mol. The summed E-state index contributed by atoms with van der Waals surface area (Å²) in [6, 6.07) is 10.9. The van der Waals surface area contributed by atoms with Crippen LogP contribution in [0.25, 0.3) is 11.1 Å². The summed E-state index contributed by atoms with van der Waals surface area (Å²) in [5.41, 5.74) is 0.621. The summed E-state index contributed by atoms with van der Waals surface area (Å²) in [4.78, 5) is 0. The molecule has 28 heavy (non-hydrogen) atoms. The standard InChI is InChI=1S/C21H22F5OSi/c1-2-9-28-10-7-14(8-11-28)16-12-18(22)20(19(23)13-16)15-3-5-17(6-4-15)27-21(24,25)26/h3-6,12-14H,2,7-11H2,1H3. The fourth-order valence-electron chi connectivity index (χ4n) is 3.89. The van der Waals surface area contributed by atoms with Gasteiger partial charge in [0.2, 0.25) is 0 Å². The normalized spacial score (nSPS) is 16.4. The molecule has 1 nitrogen and oxygen atoms in total. The molecule has 0 atom stereocenters. The van der Waals surface area contributed by atoms with Gasteiger partial charge in [0.05, 0.1) is 5.56 Å². The van der Waals surface area contributed by atoms with Crippen molar-refractivity contribution in [3.63, 3.8) is 0 Å². The number of hydrogen-bond acceptors (Lipinski definition) is 1. The minimum Gasteiger partial charge on any atom is -0.406 e. The van der Waals surface area contributed by atoms with Crippen LogP contribution in [0.1, 0.15) is 37.7 Å². The van der Waals surface area contributed by atoms with E-state index in [1.807, 2.05) is 0 Å². The van der Waals surface area contributed by atoms with Crippen LogP contribution in [0.4, 0.5) is 22.0 Å². The lowest BCUT2D eigenvalue weighted by molar-refractivity contribution is -0.274. The van der Waals surface area contributed by atoms with E-state index in [0.717, 1.165) is 25.0 Å². The van der Waals surface area contributed by atoms with Gasteiger partial charge in [0, 0.05) is 8.80 Å². The van der Waals surface area contributed by atoms with Crippen molar-refractivity contribution in [1.82, 2.24) is 0 Å². The van der Waals surface area contributed by atoms with Crippen molar-refractivity contribution < 1.29 is 26.7 Å². The zero-order valence-electron chi connectivity index (χ0n) is 15.6. The molecule has 0 N–H and O–H groups in total. The monoisotopic (exact) mass is 413 g/mol. The fraction of sp³-hybridized carbons (Fsp3) is 0.429. The maximum atomic E-state index is 14.7. The first-order valence-corrected chi connectivity index (χ1v) is 11.6. The van der Waals surface area contributed by atoms with Crippen LogP contribution in [0, 0.1) is 11.6 Å². The first-order chi connectivity index (χ1) is 13.3. The summed E-state index contributed by atoms with van der Waals surface area (Å²) in [6.07, 6.45) is -1.67. The molecule has 151 valence electrons. The highest BCUT2D eigenvalue weighted by molar-refractivity contribution is 6.59. The van der Waals surface area contributed by atoms with Crippen molar-refractivity contribution in [2.45, 2.75) is 56.6 Å². The predicted molar refractivity (Wildman–Crippen MR) is 101 cm³/mol. The van der Waals surface area contributed by atoms with Gasteiger partial charge >= 0.3 is 6.36 Å². The Bertz CT molecular complexity index is 772. The summed E-state index contributed by atoms with van der Waals surface area (Å²) in [6.45, 7) is 2.19. The van der Waals surface area contributed by atoms with E-state index in [1.165, 1.54) is 48.8 Å². The van der Waals surface area contributed by atoms with E-state index in [4.69, 9.17) is 0 Å². The van der Waals surface area contributed by atoms with Crippen molar-refractivity contribution in [3.05, 3.63) is 53.6 Å². The molecule has 0 aromatic heterocycles. The van der Waals surface area contributed by atoms with E-state index in [9.17, 15) is 22.0 Å². The van der Waals surface area contributed by atoms with Crippen molar-refractivity contribution >= 4 is 8.80 Å². The van der Waals surface area contributed by atoms with E-state index in [2.05, 4.69) is 11.7 Å². The predicted octanol–water partition coefficient (Wildman–Crippen LogP) is 7.31. The average Bonchev–Trinajstić information content (AvgIpc) is 2.62. The fourth-order valence-corrected chi connectivity index (χ4v) is 6.86. The van der Waals surface area contributed by atoms with Crippen molar-refractivity contribution in [3.8, 4) is 16.9 Å². The van der Waals surface area contributed by atoms with Crippen LogP contribution < -0.4 is 4.74 Å². The quantitative estimate of drug-likeness (QED) is 0.369. The Morgan fingerprint density at radius 1 is 1.00 bits per heavy atom. The van der Waals surface area contributed by atoms with E-state index in [1.54, 1.807) is 0 Å². The third-order valence-electron chi connectivity index (χ3n) is 5.21. The van der Waals surface area contributed by atoms with Crippen LogP contribution in [0.5, 0.6) is 5.75 Å². The van der Waals surface area contributed by atoms with Gasteiger partial charge in [0.15, 0.2) is 0 Å². The summed E-state index contributed by atoms with van der Waals surface area (Å²) >= 11 is 0. The van der Waals surface area contributed by atoms with Crippen molar-refractivity contribution in [1.29, 1.82) is 0 Å². The Labute approximate surface area is 163 Å². The molecule has 0 amide bonds. The average molecular weight is 413 g/mol. The molecular formula is C21H22F5OSi. The summed E-state index contributed by atoms with van der Waals surface area (Å²) < 4.78 is 69.9. The summed E-state index contributed by atoms with van der Waals surface area (Å²) in [7, 11) is -0.305. The van der Waals surface area contributed by atoms with Crippen LogP contribution >= 0.6 is 0 Å². The second kappa shape index (κ2) is 8.63. The number of alkyl halides is 3. The van der Waals surface area contributed by atoms with Crippen LogP contribution in [-0.4, -0.2) is 15.2 Å². The molecule has 3 rings (SSSR count). The molecule has 0 unspecified atom stereocenters. The van der Waals surface area contributed by atoms with Gasteiger partial charge in [0.25, 0.3) is 0 Å². The minimum absolute atomic E-state index is 0.172. The molecule has 0 bridgehead atoms. The highest BCUT2D eigenvalue weighted by Gasteiger charge is 2.31. The van der Waals surface area contributed by atoms with Gasteiger partial charge < -0.3 is 4.74 Å². The molecule has 1 aliphatic rings. The lowest BCUT2D eigenvalue weighted by atomic mass is 9.91. The Balaban J connectivity index is 1.77. The number of halogens is 5. The summed E-state index contributed by atoms with van der Waals surface area (Å²) in [5.74, 6) is -1.64. The largest absolute Gasteiger partial charge is 0.573 e. The molecule has 2 aromatic carbocycles. The second-order valence-corrected chi connectivity index (χ2v) is 10.2. The maximum absolute atomic E-state index is 14.7. The zero-order valence-corrected chi connectivity index (χ0v) is 16.6. The third-order valence-corrected chi connectivity index (χ3v) is 8.41. The third kappa shape index (κ3) is 5.13. The number of benzene rings is 2. The topological polar surface area (TPSA) is 9.23 Å². The highest BCUT2D eigenvalue weighted by Crippen LogP contribution is 2.38. The van der Waals surface area contributed by atoms with Gasteiger partial charge in [-0.2, -0.15) is 0 Å². The molecule has 0 saturated carbocycles. The molecule has 1 fully saturated rings. The Hall–Kier alpha value is -1.89. The van der Waals surface area contributed by atoms with Gasteiger partial charge in [-0.3, -0.25) is 0 Å². The van der Waals surface area contributed by atoms with Gasteiger partial charge in [0.1, 0.15) is 17.4 Å². The number of hydrogen-bond donors (Lipinski definition) is 0. The molecule has 1 aliphatic heterocycles. The van der Waals surface area contributed by atoms with E-state index in [-0.39, 0.29) is 25.8 Å². The van der Waals surface area contributed by atoms with Gasteiger partial charge in [-0.25, -0.2) is 8.78 Å². The first-order valence-electron chi connectivity index (χ1n) is 9.45. The summed E-state index contributed by atoms with van der Waals surface area (Å²) in [5, 5.41) is 0. The smallest absolute Gasteiger partial charge is 0.406 e. The molecule has 1 saturated heterocycles. The second-order valence-electron chi connectivity index (χ2n) is 7.21.